The average Bonchev–Trinajstić information content (AvgIpc) is 3.33. The monoisotopic (exact) mass is 476 g/mol. The molecular weight excluding hydrogens is 441 g/mol. The SMILES string of the molecule is OCC(c1ccc(C(F)(F)F)cc1)N1CCCC1c1cccc(OCCCN2CCCCC2)c1. The van der Waals surface area contributed by atoms with Gasteiger partial charge in [-0.2, -0.15) is 13.2 Å². The van der Waals surface area contributed by atoms with Crippen LogP contribution in [-0.4, -0.2) is 54.3 Å². The number of likely N-dealkylation sites (tertiary alicyclic amines) is 2. The molecule has 2 heterocycles. The Morgan fingerprint density at radius 2 is 1.74 bits per heavy atom. The van der Waals surface area contributed by atoms with Crippen molar-refractivity contribution in [2.45, 2.75) is 56.8 Å². The highest BCUT2D eigenvalue weighted by molar-refractivity contribution is 5.32. The standard InChI is InChI=1S/C27H35F3N2O2/c28-27(29,30)23-12-10-21(11-13-23)26(20-33)32-17-5-9-25(32)22-7-4-8-24(19-22)34-18-6-16-31-14-2-1-3-15-31/h4,7-8,10-13,19,25-26,33H,1-3,5-6,9,14-18,20H2. The van der Waals surface area contributed by atoms with Gasteiger partial charge in [0.15, 0.2) is 0 Å². The van der Waals surface area contributed by atoms with Gasteiger partial charge in [0.25, 0.3) is 0 Å². The van der Waals surface area contributed by atoms with Crippen molar-refractivity contribution in [1.82, 2.24) is 9.80 Å². The van der Waals surface area contributed by atoms with Gasteiger partial charge in [-0.15, -0.1) is 0 Å². The van der Waals surface area contributed by atoms with Crippen molar-refractivity contribution in [2.75, 3.05) is 39.4 Å². The normalized spacial score (nSPS) is 21.0. The number of ether oxygens (including phenoxy) is 1. The van der Waals surface area contributed by atoms with Gasteiger partial charge in [0.05, 0.1) is 24.8 Å². The quantitative estimate of drug-likeness (QED) is 0.462. The number of piperidine rings is 1. The van der Waals surface area contributed by atoms with Crippen LogP contribution in [0, 0.1) is 0 Å². The van der Waals surface area contributed by atoms with E-state index in [2.05, 4.69) is 21.9 Å². The molecule has 0 aliphatic carbocycles. The zero-order chi connectivity index (χ0) is 24.0. The summed E-state index contributed by atoms with van der Waals surface area (Å²) in [6.07, 6.45) is 2.48. The lowest BCUT2D eigenvalue weighted by molar-refractivity contribution is -0.137. The Kier molecular flexibility index (Phi) is 8.51. The molecule has 7 heteroatoms. The Bertz CT molecular complexity index is 897. The molecule has 34 heavy (non-hydrogen) atoms. The van der Waals surface area contributed by atoms with Crippen molar-refractivity contribution in [3.63, 3.8) is 0 Å². The average molecular weight is 477 g/mol. The van der Waals surface area contributed by atoms with Crippen molar-refractivity contribution >= 4 is 0 Å². The first-order valence-electron chi connectivity index (χ1n) is 12.4. The van der Waals surface area contributed by atoms with Crippen LogP contribution in [-0.2, 0) is 6.18 Å². The van der Waals surface area contributed by atoms with Gasteiger partial charge in [-0.05, 0) is 87.1 Å². The lowest BCUT2D eigenvalue weighted by Gasteiger charge is -2.33. The van der Waals surface area contributed by atoms with Crippen molar-refractivity contribution in [2.24, 2.45) is 0 Å². The first-order valence-corrected chi connectivity index (χ1v) is 12.4. The maximum Gasteiger partial charge on any atom is 0.416 e. The predicted octanol–water partition coefficient (Wildman–Crippen LogP) is 5.83. The third kappa shape index (κ3) is 6.32. The molecule has 2 aliphatic rings. The highest BCUT2D eigenvalue weighted by atomic mass is 19.4. The molecule has 0 radical (unpaired) electrons. The molecule has 2 unspecified atom stereocenters. The number of rotatable bonds is 9. The molecule has 2 aromatic rings. The summed E-state index contributed by atoms with van der Waals surface area (Å²) in [6, 6.07) is 13.0. The molecule has 0 bridgehead atoms. The summed E-state index contributed by atoms with van der Waals surface area (Å²) in [6.45, 7) is 4.78. The number of alkyl halides is 3. The number of aliphatic hydroxyl groups is 1. The summed E-state index contributed by atoms with van der Waals surface area (Å²) >= 11 is 0. The minimum absolute atomic E-state index is 0.0938. The molecular formula is C27H35F3N2O2. The molecule has 0 amide bonds. The second-order valence-electron chi connectivity index (χ2n) is 9.39. The zero-order valence-electron chi connectivity index (χ0n) is 19.6. The van der Waals surface area contributed by atoms with Gasteiger partial charge in [0.2, 0.25) is 0 Å². The minimum atomic E-state index is -4.36. The van der Waals surface area contributed by atoms with Gasteiger partial charge in [-0.3, -0.25) is 4.90 Å². The number of hydrogen-bond acceptors (Lipinski definition) is 4. The van der Waals surface area contributed by atoms with Crippen molar-refractivity contribution < 1.29 is 23.0 Å². The van der Waals surface area contributed by atoms with E-state index in [1.54, 1.807) is 0 Å². The van der Waals surface area contributed by atoms with E-state index in [-0.39, 0.29) is 18.7 Å². The third-order valence-electron chi connectivity index (χ3n) is 7.07. The molecule has 0 spiro atoms. The smallest absolute Gasteiger partial charge is 0.416 e. The predicted molar refractivity (Wildman–Crippen MR) is 127 cm³/mol. The van der Waals surface area contributed by atoms with E-state index >= 15 is 0 Å². The van der Waals surface area contributed by atoms with E-state index in [1.165, 1.54) is 44.5 Å². The van der Waals surface area contributed by atoms with E-state index in [0.717, 1.165) is 55.8 Å². The topological polar surface area (TPSA) is 35.9 Å². The molecule has 0 aromatic heterocycles. The molecule has 2 saturated heterocycles. The number of benzene rings is 2. The van der Waals surface area contributed by atoms with Crippen LogP contribution in [0.1, 0.15) is 67.3 Å². The number of nitrogens with zero attached hydrogens (tertiary/aromatic N) is 2. The second kappa shape index (κ2) is 11.6. The van der Waals surface area contributed by atoms with Crippen LogP contribution in [0.2, 0.25) is 0 Å². The molecule has 4 nitrogen and oxygen atoms in total. The van der Waals surface area contributed by atoms with Crippen LogP contribution < -0.4 is 4.74 Å². The summed E-state index contributed by atoms with van der Waals surface area (Å²) in [5.41, 5.74) is 1.15. The van der Waals surface area contributed by atoms with Crippen molar-refractivity contribution in [1.29, 1.82) is 0 Å². The Morgan fingerprint density at radius 3 is 2.44 bits per heavy atom. The van der Waals surface area contributed by atoms with E-state index in [4.69, 9.17) is 4.74 Å². The molecule has 2 aliphatic heterocycles. The number of halogens is 3. The third-order valence-corrected chi connectivity index (χ3v) is 7.07. The van der Waals surface area contributed by atoms with Crippen LogP contribution in [0.5, 0.6) is 5.75 Å². The molecule has 4 rings (SSSR count). The first-order chi connectivity index (χ1) is 16.5. The zero-order valence-corrected chi connectivity index (χ0v) is 19.6. The van der Waals surface area contributed by atoms with Crippen LogP contribution in [0.3, 0.4) is 0 Å². The van der Waals surface area contributed by atoms with Gasteiger partial charge in [0.1, 0.15) is 5.75 Å². The van der Waals surface area contributed by atoms with Crippen molar-refractivity contribution in [3.8, 4) is 5.75 Å². The number of hydrogen-bond donors (Lipinski definition) is 1. The van der Waals surface area contributed by atoms with Crippen LogP contribution in [0.4, 0.5) is 13.2 Å². The number of aliphatic hydroxyl groups excluding tert-OH is 1. The Hall–Kier alpha value is -2.09. The highest BCUT2D eigenvalue weighted by Crippen LogP contribution is 2.40. The summed E-state index contributed by atoms with van der Waals surface area (Å²) in [7, 11) is 0. The summed E-state index contributed by atoms with van der Waals surface area (Å²) in [4.78, 5) is 4.72. The Balaban J connectivity index is 1.38. The Morgan fingerprint density at radius 1 is 0.971 bits per heavy atom. The Labute approximate surface area is 200 Å². The summed E-state index contributed by atoms with van der Waals surface area (Å²) in [5.74, 6) is 0.845. The fourth-order valence-electron chi connectivity index (χ4n) is 5.29. The van der Waals surface area contributed by atoms with Crippen molar-refractivity contribution in [3.05, 3.63) is 65.2 Å². The maximum atomic E-state index is 13.0. The highest BCUT2D eigenvalue weighted by Gasteiger charge is 2.34. The molecule has 2 fully saturated rings. The minimum Gasteiger partial charge on any atom is -0.494 e. The maximum absolute atomic E-state index is 13.0. The van der Waals surface area contributed by atoms with Crippen LogP contribution in [0.15, 0.2) is 48.5 Å². The lowest BCUT2D eigenvalue weighted by Crippen LogP contribution is -2.31. The molecule has 186 valence electrons. The van der Waals surface area contributed by atoms with Gasteiger partial charge in [0, 0.05) is 12.6 Å². The second-order valence-corrected chi connectivity index (χ2v) is 9.39. The van der Waals surface area contributed by atoms with Crippen LogP contribution >= 0.6 is 0 Å². The van der Waals surface area contributed by atoms with E-state index in [1.807, 2.05) is 12.1 Å². The van der Waals surface area contributed by atoms with E-state index < -0.39 is 11.7 Å². The molecule has 2 atom stereocenters. The van der Waals surface area contributed by atoms with Gasteiger partial charge in [-0.1, -0.05) is 30.7 Å². The lowest BCUT2D eigenvalue weighted by atomic mass is 9.99. The van der Waals surface area contributed by atoms with E-state index in [0.29, 0.717) is 12.2 Å². The molecule has 2 aromatic carbocycles. The largest absolute Gasteiger partial charge is 0.494 e. The van der Waals surface area contributed by atoms with Gasteiger partial charge < -0.3 is 14.7 Å². The fraction of sp³-hybridized carbons (Fsp3) is 0.556. The summed E-state index contributed by atoms with van der Waals surface area (Å²) in [5, 5.41) is 10.1. The van der Waals surface area contributed by atoms with Gasteiger partial charge in [-0.25, -0.2) is 0 Å². The first kappa shape index (κ1) is 25.0. The fourth-order valence-corrected chi connectivity index (χ4v) is 5.29. The summed E-state index contributed by atoms with van der Waals surface area (Å²) < 4.78 is 44.9. The van der Waals surface area contributed by atoms with Crippen LogP contribution in [0.25, 0.3) is 0 Å². The molecule has 0 saturated carbocycles. The van der Waals surface area contributed by atoms with Gasteiger partial charge >= 0.3 is 6.18 Å². The molecule has 1 N–H and O–H groups in total. The van der Waals surface area contributed by atoms with E-state index in [9.17, 15) is 18.3 Å².